The molecule has 0 atom stereocenters. The van der Waals surface area contributed by atoms with Crippen molar-refractivity contribution in [2.24, 2.45) is 0 Å². The van der Waals surface area contributed by atoms with E-state index in [1.807, 2.05) is 18.2 Å². The van der Waals surface area contributed by atoms with E-state index in [4.69, 9.17) is 4.74 Å². The van der Waals surface area contributed by atoms with E-state index in [0.29, 0.717) is 0 Å². The highest BCUT2D eigenvalue weighted by atomic mass is 16.5. The Bertz CT molecular complexity index is 3300. The van der Waals surface area contributed by atoms with Gasteiger partial charge in [-0.3, -0.25) is 0 Å². The molecular weight excluding hydrogens is 751 g/mol. The number of ether oxygens (including phenoxy) is 1. The molecule has 0 saturated carbocycles. The lowest BCUT2D eigenvalue weighted by atomic mass is 9.65. The predicted octanol–water partition coefficient (Wildman–Crippen LogP) is 16.1. The molecule has 1 spiro atoms. The minimum absolute atomic E-state index is 0.581. The predicted molar refractivity (Wildman–Crippen MR) is 259 cm³/mol. The lowest BCUT2D eigenvalue weighted by molar-refractivity contribution is 0.481. The minimum Gasteiger partial charge on any atom is -0.456 e. The van der Waals surface area contributed by atoms with Gasteiger partial charge in [0, 0.05) is 28.2 Å². The van der Waals surface area contributed by atoms with E-state index in [1.165, 1.54) is 66.4 Å². The smallest absolute Gasteiger partial charge is 0.135 e. The standard InChI is InChI=1S/C60H41NO/c1-3-4-22-45-39(2)46-23-14-17-30-58(46)62-59-34-32-44(38-53(45)59)61(42-20-6-5-7-21-42)43-31-33-56-52(37-43)51-35-40-18-8-9-19-41(40)36-57(51)60(56)54-28-15-12-26-49(54)47-24-10-11-25-48(47)50-27-13-16-29-55(50)60/h3-38H,1H2,2H3/b22-4-. The Labute approximate surface area is 362 Å². The monoisotopic (exact) mass is 791 g/mol. The molecule has 2 aliphatic carbocycles. The second-order valence-electron chi connectivity index (χ2n) is 16.4. The number of allylic oxidation sites excluding steroid dienone is 5. The molecule has 62 heavy (non-hydrogen) atoms. The summed E-state index contributed by atoms with van der Waals surface area (Å²) in [5.41, 5.74) is 19.7. The average molecular weight is 792 g/mol. The Balaban J connectivity index is 1.14. The summed E-state index contributed by atoms with van der Waals surface area (Å²) in [6, 6.07) is 73.6. The van der Waals surface area contributed by atoms with Gasteiger partial charge in [-0.1, -0.05) is 164 Å². The first kappa shape index (κ1) is 36.0. The van der Waals surface area contributed by atoms with Crippen LogP contribution >= 0.6 is 0 Å². The summed E-state index contributed by atoms with van der Waals surface area (Å²) in [6.07, 6.45) is 6.00. The number of nitrogens with zero attached hydrogens (tertiary/aromatic N) is 1. The third kappa shape index (κ3) is 5.23. The van der Waals surface area contributed by atoms with Gasteiger partial charge in [-0.15, -0.1) is 0 Å². The van der Waals surface area contributed by atoms with Gasteiger partial charge in [0.2, 0.25) is 0 Å². The largest absolute Gasteiger partial charge is 0.456 e. The summed E-state index contributed by atoms with van der Waals surface area (Å²) in [7, 11) is 0. The van der Waals surface area contributed by atoms with Crippen LogP contribution in [0.25, 0.3) is 55.3 Å². The summed E-state index contributed by atoms with van der Waals surface area (Å²) < 4.78 is 6.70. The third-order valence-corrected chi connectivity index (χ3v) is 13.3. The van der Waals surface area contributed by atoms with E-state index in [9.17, 15) is 0 Å². The SMILES string of the molecule is C=C/C=C\C1=C(C)c2ccccc2Oc2ccc(N(c3ccccc3)c3ccc4c(c3)-c3cc5ccccc5cc3C43c4ccccc4-c4ccccc4-c4ccccc43)cc21. The van der Waals surface area contributed by atoms with Crippen LogP contribution in [-0.2, 0) is 5.41 Å². The van der Waals surface area contributed by atoms with Crippen molar-refractivity contribution in [2.45, 2.75) is 12.3 Å². The maximum Gasteiger partial charge on any atom is 0.135 e. The van der Waals surface area contributed by atoms with Gasteiger partial charge in [-0.2, -0.15) is 0 Å². The first-order valence-corrected chi connectivity index (χ1v) is 21.4. The fourth-order valence-electron chi connectivity index (χ4n) is 10.6. The van der Waals surface area contributed by atoms with Gasteiger partial charge in [0.1, 0.15) is 11.5 Å². The molecule has 1 aliphatic heterocycles. The van der Waals surface area contributed by atoms with Crippen LogP contribution in [0.15, 0.2) is 225 Å². The van der Waals surface area contributed by atoms with Crippen LogP contribution in [0.4, 0.5) is 17.1 Å². The lowest BCUT2D eigenvalue weighted by Crippen LogP contribution is -2.29. The Morgan fingerprint density at radius 3 is 1.63 bits per heavy atom. The quantitative estimate of drug-likeness (QED) is 0.161. The molecule has 0 radical (unpaired) electrons. The van der Waals surface area contributed by atoms with Crippen LogP contribution in [0.1, 0.15) is 40.3 Å². The summed E-state index contributed by atoms with van der Waals surface area (Å²) in [5.74, 6) is 1.67. The van der Waals surface area contributed by atoms with E-state index in [1.54, 1.807) is 0 Å². The Morgan fingerprint density at radius 2 is 0.935 bits per heavy atom. The van der Waals surface area contributed by atoms with Gasteiger partial charge in [0.15, 0.2) is 0 Å². The molecule has 3 aliphatic rings. The average Bonchev–Trinajstić information content (AvgIpc) is 3.46. The summed E-state index contributed by atoms with van der Waals surface area (Å²) >= 11 is 0. The zero-order chi connectivity index (χ0) is 41.4. The van der Waals surface area contributed by atoms with Crippen molar-refractivity contribution in [3.05, 3.63) is 258 Å². The van der Waals surface area contributed by atoms with E-state index in [-0.39, 0.29) is 0 Å². The van der Waals surface area contributed by atoms with Crippen molar-refractivity contribution >= 4 is 39.0 Å². The van der Waals surface area contributed by atoms with E-state index < -0.39 is 5.41 Å². The first-order chi connectivity index (χ1) is 30.6. The first-order valence-electron chi connectivity index (χ1n) is 21.4. The highest BCUT2D eigenvalue weighted by molar-refractivity contribution is 6.03. The van der Waals surface area contributed by atoms with E-state index in [2.05, 4.69) is 219 Å². The minimum atomic E-state index is -0.581. The van der Waals surface area contributed by atoms with Gasteiger partial charge in [-0.05, 0) is 145 Å². The molecule has 0 unspecified atom stereocenters. The highest BCUT2D eigenvalue weighted by Gasteiger charge is 2.50. The molecule has 0 aromatic heterocycles. The summed E-state index contributed by atoms with van der Waals surface area (Å²) in [4.78, 5) is 2.39. The molecule has 0 N–H and O–H groups in total. The number of para-hydroxylation sites is 2. The van der Waals surface area contributed by atoms with Crippen LogP contribution in [-0.4, -0.2) is 0 Å². The Hall–Kier alpha value is -7.94. The second-order valence-corrected chi connectivity index (χ2v) is 16.4. The van der Waals surface area contributed by atoms with Crippen molar-refractivity contribution in [3.63, 3.8) is 0 Å². The number of rotatable bonds is 5. The molecule has 0 saturated heterocycles. The van der Waals surface area contributed by atoms with Crippen molar-refractivity contribution in [3.8, 4) is 44.9 Å². The van der Waals surface area contributed by atoms with Gasteiger partial charge in [0.25, 0.3) is 0 Å². The van der Waals surface area contributed by atoms with E-state index >= 15 is 0 Å². The van der Waals surface area contributed by atoms with Crippen LogP contribution in [0.3, 0.4) is 0 Å². The van der Waals surface area contributed by atoms with Crippen molar-refractivity contribution < 1.29 is 4.74 Å². The molecule has 1 heterocycles. The summed E-state index contributed by atoms with van der Waals surface area (Å²) in [6.45, 7) is 6.19. The van der Waals surface area contributed by atoms with Gasteiger partial charge >= 0.3 is 0 Å². The number of hydrogen-bond donors (Lipinski definition) is 0. The topological polar surface area (TPSA) is 12.5 Å². The molecule has 0 bridgehead atoms. The fourth-order valence-corrected chi connectivity index (χ4v) is 10.6. The molecule has 2 heteroatoms. The molecule has 0 amide bonds. The van der Waals surface area contributed by atoms with Crippen molar-refractivity contribution in [2.75, 3.05) is 4.90 Å². The number of benzene rings is 9. The van der Waals surface area contributed by atoms with Gasteiger partial charge in [0.05, 0.1) is 5.41 Å². The molecule has 12 rings (SSSR count). The maximum atomic E-state index is 6.70. The van der Waals surface area contributed by atoms with Crippen molar-refractivity contribution in [1.82, 2.24) is 0 Å². The van der Waals surface area contributed by atoms with Crippen LogP contribution < -0.4 is 9.64 Å². The lowest BCUT2D eigenvalue weighted by Gasteiger charge is -2.35. The normalized spacial score (nSPS) is 13.8. The van der Waals surface area contributed by atoms with Crippen molar-refractivity contribution in [1.29, 1.82) is 0 Å². The van der Waals surface area contributed by atoms with Gasteiger partial charge in [-0.25, -0.2) is 0 Å². The summed E-state index contributed by atoms with van der Waals surface area (Å²) in [5, 5.41) is 2.47. The molecule has 0 fully saturated rings. The van der Waals surface area contributed by atoms with Gasteiger partial charge < -0.3 is 9.64 Å². The number of fused-ring (bicyclic) bond motifs is 15. The molecule has 292 valence electrons. The number of anilines is 3. The van der Waals surface area contributed by atoms with Crippen LogP contribution in [0.5, 0.6) is 11.5 Å². The van der Waals surface area contributed by atoms with Crippen LogP contribution in [0.2, 0.25) is 0 Å². The molecular formula is C60H41NO. The van der Waals surface area contributed by atoms with E-state index in [0.717, 1.165) is 50.8 Å². The Kier molecular flexibility index (Phi) is 8.17. The highest BCUT2D eigenvalue weighted by Crippen LogP contribution is 2.62. The molecule has 2 nitrogen and oxygen atoms in total. The zero-order valence-electron chi connectivity index (χ0n) is 34.3. The molecule has 9 aromatic rings. The van der Waals surface area contributed by atoms with Crippen LogP contribution in [0, 0.1) is 0 Å². The maximum absolute atomic E-state index is 6.70. The zero-order valence-corrected chi connectivity index (χ0v) is 34.3. The third-order valence-electron chi connectivity index (χ3n) is 13.3. The second kappa shape index (κ2) is 14.1. The fraction of sp³-hybridized carbons (Fsp3) is 0.0333. The Morgan fingerprint density at radius 1 is 0.419 bits per heavy atom. The molecule has 9 aromatic carbocycles. The number of hydrogen-bond acceptors (Lipinski definition) is 2.